The molecule has 0 rings (SSSR count). The topological polar surface area (TPSA) is 71.1 Å². The van der Waals surface area contributed by atoms with E-state index in [0.717, 1.165) is 12.6 Å². The van der Waals surface area contributed by atoms with Crippen molar-refractivity contribution < 1.29 is 26.7 Å². The van der Waals surface area contributed by atoms with Crippen LogP contribution in [-0.4, -0.2) is 51.5 Å². The van der Waals surface area contributed by atoms with Crippen LogP contribution in [0.2, 0.25) is 39.3 Å². The number of rotatable bonds is 12. The Hall–Kier alpha value is -0.169. The van der Waals surface area contributed by atoms with Crippen molar-refractivity contribution in [1.29, 1.82) is 0 Å². The Labute approximate surface area is 130 Å². The molecule has 0 aliphatic heterocycles. The smallest absolute Gasteiger partial charge is 0.322 e. The fourth-order valence-corrected chi connectivity index (χ4v) is 13.7. The standard InChI is InChI=1S/C12H28O6Si3/c1-19(2,15-11-7-9-13)17-21(5,6)18-20(3,4)16-12-8-10-14/h9-10H,7-8,11-12H2,1-6H3. The maximum Gasteiger partial charge on any atom is 0.322 e. The number of aldehydes is 2. The zero-order valence-electron chi connectivity index (χ0n) is 13.9. The highest BCUT2D eigenvalue weighted by Gasteiger charge is 2.41. The molecule has 0 N–H and O–H groups in total. The minimum atomic E-state index is -2.40. The molecule has 0 heterocycles. The van der Waals surface area contributed by atoms with E-state index in [9.17, 15) is 9.59 Å². The molecule has 21 heavy (non-hydrogen) atoms. The van der Waals surface area contributed by atoms with E-state index in [2.05, 4.69) is 0 Å². The van der Waals surface area contributed by atoms with Crippen LogP contribution < -0.4 is 0 Å². The monoisotopic (exact) mass is 352 g/mol. The lowest BCUT2D eigenvalue weighted by Gasteiger charge is -2.37. The predicted octanol–water partition coefficient (Wildman–Crippen LogP) is 2.34. The maximum absolute atomic E-state index is 10.3. The third-order valence-corrected chi connectivity index (χ3v) is 12.0. The first kappa shape index (κ1) is 20.8. The van der Waals surface area contributed by atoms with E-state index < -0.39 is 25.7 Å². The van der Waals surface area contributed by atoms with Gasteiger partial charge in [-0.2, -0.15) is 0 Å². The lowest BCUT2D eigenvalue weighted by atomic mass is 10.5. The van der Waals surface area contributed by atoms with Gasteiger partial charge in [0.15, 0.2) is 0 Å². The van der Waals surface area contributed by atoms with Gasteiger partial charge in [0.25, 0.3) is 0 Å². The van der Waals surface area contributed by atoms with E-state index >= 15 is 0 Å². The highest BCUT2D eigenvalue weighted by atomic mass is 28.5. The Kier molecular flexibility index (Phi) is 9.01. The first-order valence-corrected chi connectivity index (χ1v) is 15.5. The van der Waals surface area contributed by atoms with Crippen molar-refractivity contribution in [2.24, 2.45) is 0 Å². The number of hydrogen-bond donors (Lipinski definition) is 0. The maximum atomic E-state index is 10.3. The Bertz CT molecular complexity index is 303. The molecule has 0 saturated carbocycles. The molecular weight excluding hydrogens is 324 g/mol. The fraction of sp³-hybridized carbons (Fsp3) is 0.833. The summed E-state index contributed by atoms with van der Waals surface area (Å²) in [6, 6.07) is 0. The second-order valence-electron chi connectivity index (χ2n) is 6.01. The van der Waals surface area contributed by atoms with Crippen molar-refractivity contribution in [2.75, 3.05) is 13.2 Å². The van der Waals surface area contributed by atoms with Crippen LogP contribution in [0.25, 0.3) is 0 Å². The number of carbonyl (C=O) groups excluding carboxylic acids is 2. The second-order valence-corrected chi connectivity index (χ2v) is 16.6. The summed E-state index contributed by atoms with van der Waals surface area (Å²) in [5.74, 6) is 0. The van der Waals surface area contributed by atoms with Crippen molar-refractivity contribution in [3.05, 3.63) is 0 Å². The van der Waals surface area contributed by atoms with Gasteiger partial charge in [0.2, 0.25) is 0 Å². The lowest BCUT2D eigenvalue weighted by molar-refractivity contribution is -0.109. The molecule has 0 fully saturated rings. The molecule has 0 spiro atoms. The van der Waals surface area contributed by atoms with Gasteiger partial charge in [0.05, 0.1) is 0 Å². The Morgan fingerprint density at radius 1 is 0.667 bits per heavy atom. The van der Waals surface area contributed by atoms with Crippen molar-refractivity contribution in [3.8, 4) is 0 Å². The van der Waals surface area contributed by atoms with Crippen molar-refractivity contribution in [2.45, 2.75) is 52.1 Å². The van der Waals surface area contributed by atoms with Gasteiger partial charge in [-0.25, -0.2) is 0 Å². The molecule has 0 bridgehead atoms. The number of hydrogen-bond acceptors (Lipinski definition) is 6. The van der Waals surface area contributed by atoms with Gasteiger partial charge in [-0.1, -0.05) is 0 Å². The highest BCUT2D eigenvalue weighted by Crippen LogP contribution is 2.21. The van der Waals surface area contributed by atoms with Gasteiger partial charge in [-0.05, 0) is 39.3 Å². The predicted molar refractivity (Wildman–Crippen MR) is 87.9 cm³/mol. The summed E-state index contributed by atoms with van der Waals surface area (Å²) < 4.78 is 23.6. The lowest BCUT2D eigenvalue weighted by Crippen LogP contribution is -2.54. The van der Waals surface area contributed by atoms with E-state index in [1.807, 2.05) is 39.3 Å². The van der Waals surface area contributed by atoms with Crippen molar-refractivity contribution >= 4 is 38.3 Å². The molecule has 0 radical (unpaired) electrons. The molecule has 0 aromatic carbocycles. The molecule has 6 nitrogen and oxygen atoms in total. The van der Waals surface area contributed by atoms with Crippen LogP contribution in [0.15, 0.2) is 0 Å². The quantitative estimate of drug-likeness (QED) is 0.305. The van der Waals surface area contributed by atoms with E-state index in [1.165, 1.54) is 0 Å². The van der Waals surface area contributed by atoms with Crippen LogP contribution >= 0.6 is 0 Å². The van der Waals surface area contributed by atoms with Gasteiger partial charge in [0, 0.05) is 26.1 Å². The highest BCUT2D eigenvalue weighted by molar-refractivity contribution is 6.84. The number of carbonyl (C=O) groups is 2. The Balaban J connectivity index is 4.44. The van der Waals surface area contributed by atoms with Gasteiger partial charge in [-0.3, -0.25) is 0 Å². The molecule has 0 aromatic rings. The van der Waals surface area contributed by atoms with Gasteiger partial charge >= 0.3 is 25.7 Å². The van der Waals surface area contributed by atoms with Crippen molar-refractivity contribution in [3.63, 3.8) is 0 Å². The molecule has 0 saturated heterocycles. The Morgan fingerprint density at radius 2 is 1.00 bits per heavy atom. The Morgan fingerprint density at radius 3 is 1.29 bits per heavy atom. The van der Waals surface area contributed by atoms with Crippen molar-refractivity contribution in [1.82, 2.24) is 0 Å². The largest absolute Gasteiger partial charge is 0.415 e. The molecule has 0 aromatic heterocycles. The zero-order valence-corrected chi connectivity index (χ0v) is 16.9. The molecule has 0 atom stereocenters. The third-order valence-electron chi connectivity index (χ3n) is 2.35. The zero-order chi connectivity index (χ0) is 16.6. The van der Waals surface area contributed by atoms with E-state index in [4.69, 9.17) is 17.1 Å². The van der Waals surface area contributed by atoms with Crippen LogP contribution in [0.5, 0.6) is 0 Å². The summed E-state index contributed by atoms with van der Waals surface area (Å²) in [5, 5.41) is 0. The summed E-state index contributed by atoms with van der Waals surface area (Å²) in [4.78, 5) is 20.7. The summed E-state index contributed by atoms with van der Waals surface area (Å²) in [5.41, 5.74) is 0. The summed E-state index contributed by atoms with van der Waals surface area (Å²) in [7, 11) is -7.05. The van der Waals surface area contributed by atoms with Crippen LogP contribution in [0, 0.1) is 0 Å². The van der Waals surface area contributed by atoms with Crippen LogP contribution in [0.4, 0.5) is 0 Å². The van der Waals surface area contributed by atoms with Crippen LogP contribution in [-0.2, 0) is 26.7 Å². The molecule has 0 amide bonds. The minimum absolute atomic E-state index is 0.373. The summed E-state index contributed by atoms with van der Waals surface area (Å²) >= 11 is 0. The summed E-state index contributed by atoms with van der Waals surface area (Å²) in [6.45, 7) is 12.4. The van der Waals surface area contributed by atoms with Gasteiger partial charge in [0.1, 0.15) is 12.6 Å². The van der Waals surface area contributed by atoms with Crippen LogP contribution in [0.3, 0.4) is 0 Å². The molecule has 124 valence electrons. The van der Waals surface area contributed by atoms with E-state index in [1.54, 1.807) is 0 Å². The average molecular weight is 353 g/mol. The van der Waals surface area contributed by atoms with Gasteiger partial charge < -0.3 is 26.7 Å². The third kappa shape index (κ3) is 11.1. The second kappa shape index (κ2) is 9.08. The first-order chi connectivity index (χ1) is 9.54. The molecule has 0 unspecified atom stereocenters. The normalized spacial score (nSPS) is 13.2. The molecule has 0 aliphatic carbocycles. The molecule has 9 heteroatoms. The SMILES string of the molecule is C[Si](C)(OCCC=O)O[Si](C)(C)O[Si](C)(C)OCCC=O. The fourth-order valence-electron chi connectivity index (χ4n) is 1.97. The molecule has 0 aliphatic rings. The first-order valence-electron chi connectivity index (χ1n) is 7.09. The van der Waals surface area contributed by atoms with E-state index in [0.29, 0.717) is 26.1 Å². The van der Waals surface area contributed by atoms with E-state index in [-0.39, 0.29) is 0 Å². The van der Waals surface area contributed by atoms with Gasteiger partial charge in [-0.15, -0.1) is 0 Å². The molecular formula is C12H28O6Si3. The van der Waals surface area contributed by atoms with Crippen LogP contribution in [0.1, 0.15) is 12.8 Å². The summed E-state index contributed by atoms with van der Waals surface area (Å²) in [6.07, 6.45) is 2.41. The minimum Gasteiger partial charge on any atom is -0.415 e. The average Bonchev–Trinajstić information content (AvgIpc) is 2.25.